The first kappa shape index (κ1) is 15.4. The van der Waals surface area contributed by atoms with Gasteiger partial charge in [0.15, 0.2) is 17.7 Å². The van der Waals surface area contributed by atoms with E-state index < -0.39 is 29.6 Å². The third-order valence-corrected chi connectivity index (χ3v) is 3.85. The summed E-state index contributed by atoms with van der Waals surface area (Å²) in [5.41, 5.74) is -0.335. The van der Waals surface area contributed by atoms with Crippen LogP contribution in [-0.4, -0.2) is 17.0 Å². The van der Waals surface area contributed by atoms with Gasteiger partial charge in [-0.05, 0) is 23.6 Å². The van der Waals surface area contributed by atoms with Crippen LogP contribution in [0.25, 0.3) is 0 Å². The predicted molar refractivity (Wildman–Crippen MR) is 73.5 cm³/mol. The zero-order valence-electron chi connectivity index (χ0n) is 10.3. The number of carbonyl (C=O) groups excluding carboxylic acids is 1. The molecule has 4 nitrogen and oxygen atoms in total. The van der Waals surface area contributed by atoms with E-state index in [1.165, 1.54) is 6.07 Å². The lowest BCUT2D eigenvalue weighted by atomic mass is 10.1. The molecule has 0 saturated carbocycles. The fourth-order valence-electron chi connectivity index (χ4n) is 1.62. The average molecular weight is 332 g/mol. The molecule has 1 unspecified atom stereocenters. The Morgan fingerprint density at radius 3 is 2.52 bits per heavy atom. The van der Waals surface area contributed by atoms with Gasteiger partial charge >= 0.3 is 5.97 Å². The van der Waals surface area contributed by atoms with Gasteiger partial charge in [-0.3, -0.25) is 4.79 Å². The molecular formula is C13H8ClF2NO3S. The molecule has 1 aromatic heterocycles. The molecule has 2 rings (SSSR count). The lowest BCUT2D eigenvalue weighted by Gasteiger charge is -2.13. The minimum absolute atomic E-state index is 0.304. The van der Waals surface area contributed by atoms with Gasteiger partial charge in [0.05, 0.1) is 10.6 Å². The number of carboxylic acid groups (broad SMARTS) is 1. The molecule has 8 heteroatoms. The highest BCUT2D eigenvalue weighted by atomic mass is 35.5. The fraction of sp³-hybridized carbons (Fsp3) is 0.0769. The number of rotatable bonds is 4. The average Bonchev–Trinajstić information content (AvgIpc) is 2.93. The highest BCUT2D eigenvalue weighted by Crippen LogP contribution is 2.23. The van der Waals surface area contributed by atoms with Crippen molar-refractivity contribution in [1.82, 2.24) is 5.32 Å². The topological polar surface area (TPSA) is 66.4 Å². The molecule has 21 heavy (non-hydrogen) atoms. The number of halogens is 3. The number of hydrogen-bond acceptors (Lipinski definition) is 3. The molecular weight excluding hydrogens is 324 g/mol. The number of nitrogens with one attached hydrogen (secondary N) is 1. The van der Waals surface area contributed by atoms with Crippen molar-refractivity contribution < 1.29 is 23.5 Å². The SMILES string of the molecule is O=C(NC(C(=O)O)c1cccs1)c1cc(F)c(F)cc1Cl. The molecule has 1 heterocycles. The van der Waals surface area contributed by atoms with Crippen LogP contribution in [0.3, 0.4) is 0 Å². The van der Waals surface area contributed by atoms with Gasteiger partial charge < -0.3 is 10.4 Å². The van der Waals surface area contributed by atoms with Crippen LogP contribution in [0, 0.1) is 11.6 Å². The van der Waals surface area contributed by atoms with Gasteiger partial charge in [-0.25, -0.2) is 13.6 Å². The van der Waals surface area contributed by atoms with Crippen molar-refractivity contribution in [2.24, 2.45) is 0 Å². The molecule has 0 aliphatic rings. The Hall–Kier alpha value is -1.99. The van der Waals surface area contributed by atoms with E-state index in [-0.39, 0.29) is 10.6 Å². The highest BCUT2D eigenvalue weighted by Gasteiger charge is 2.25. The van der Waals surface area contributed by atoms with Crippen molar-refractivity contribution in [3.8, 4) is 0 Å². The maximum Gasteiger partial charge on any atom is 0.331 e. The first-order valence-electron chi connectivity index (χ1n) is 5.61. The highest BCUT2D eigenvalue weighted by molar-refractivity contribution is 7.10. The predicted octanol–water partition coefficient (Wildman–Crippen LogP) is 3.24. The van der Waals surface area contributed by atoms with E-state index in [4.69, 9.17) is 16.7 Å². The second-order valence-electron chi connectivity index (χ2n) is 4.01. The molecule has 0 aliphatic carbocycles. The zero-order chi connectivity index (χ0) is 15.6. The Bertz CT molecular complexity index is 691. The molecule has 110 valence electrons. The molecule has 0 aliphatic heterocycles. The molecule has 2 aromatic rings. The number of benzene rings is 1. The minimum Gasteiger partial charge on any atom is -0.479 e. The number of aliphatic carboxylic acids is 1. The Labute approximate surface area is 127 Å². The zero-order valence-corrected chi connectivity index (χ0v) is 11.8. The van der Waals surface area contributed by atoms with E-state index in [1.807, 2.05) is 0 Å². The van der Waals surface area contributed by atoms with Gasteiger partial charge in [0.2, 0.25) is 0 Å². The maximum absolute atomic E-state index is 13.2. The number of amides is 1. The van der Waals surface area contributed by atoms with Crippen LogP contribution < -0.4 is 5.32 Å². The molecule has 0 fully saturated rings. The van der Waals surface area contributed by atoms with E-state index >= 15 is 0 Å². The quantitative estimate of drug-likeness (QED) is 0.845. The summed E-state index contributed by atoms with van der Waals surface area (Å²) in [6.07, 6.45) is 0. The standard InChI is InChI=1S/C13H8ClF2NO3S/c14-7-5-9(16)8(15)4-6(7)12(18)17-11(13(19)20)10-2-1-3-21-10/h1-5,11H,(H,17,18)(H,19,20). The Balaban J connectivity index is 2.28. The number of hydrogen-bond donors (Lipinski definition) is 2. The minimum atomic E-state index is -1.29. The molecule has 0 radical (unpaired) electrons. The Morgan fingerprint density at radius 2 is 1.95 bits per heavy atom. The Kier molecular flexibility index (Phi) is 4.54. The van der Waals surface area contributed by atoms with Crippen LogP contribution >= 0.6 is 22.9 Å². The number of carboxylic acids is 1. The molecule has 2 N–H and O–H groups in total. The summed E-state index contributed by atoms with van der Waals surface area (Å²) in [6.45, 7) is 0. The molecule has 0 bridgehead atoms. The van der Waals surface area contributed by atoms with Gasteiger partial charge in [-0.15, -0.1) is 11.3 Å². The van der Waals surface area contributed by atoms with Crippen LogP contribution in [-0.2, 0) is 4.79 Å². The van der Waals surface area contributed by atoms with Gasteiger partial charge in [0, 0.05) is 4.88 Å². The number of carbonyl (C=O) groups is 2. The van der Waals surface area contributed by atoms with Crippen molar-refractivity contribution in [2.45, 2.75) is 6.04 Å². The summed E-state index contributed by atoms with van der Waals surface area (Å²) in [5.74, 6) is -4.61. The van der Waals surface area contributed by atoms with Gasteiger partial charge in [-0.1, -0.05) is 17.7 Å². The molecule has 1 amide bonds. The second-order valence-corrected chi connectivity index (χ2v) is 5.39. The lowest BCUT2D eigenvalue weighted by molar-refractivity contribution is -0.139. The van der Waals surface area contributed by atoms with Crippen molar-refractivity contribution in [3.63, 3.8) is 0 Å². The summed E-state index contributed by atoms with van der Waals surface area (Å²) in [7, 11) is 0. The first-order valence-corrected chi connectivity index (χ1v) is 6.87. The van der Waals surface area contributed by atoms with E-state index in [2.05, 4.69) is 5.32 Å². The van der Waals surface area contributed by atoms with Crippen molar-refractivity contribution in [1.29, 1.82) is 0 Å². The van der Waals surface area contributed by atoms with Crippen molar-refractivity contribution in [2.75, 3.05) is 0 Å². The maximum atomic E-state index is 13.2. The van der Waals surface area contributed by atoms with E-state index in [9.17, 15) is 18.4 Å². The third kappa shape index (κ3) is 3.37. The van der Waals surface area contributed by atoms with E-state index in [0.29, 0.717) is 17.0 Å². The summed E-state index contributed by atoms with van der Waals surface area (Å²) in [4.78, 5) is 23.6. The smallest absolute Gasteiger partial charge is 0.331 e. The summed E-state index contributed by atoms with van der Waals surface area (Å²) in [6, 6.07) is 3.16. The van der Waals surface area contributed by atoms with Crippen LogP contribution in [0.15, 0.2) is 29.6 Å². The fourth-order valence-corrected chi connectivity index (χ4v) is 2.62. The molecule has 0 saturated heterocycles. The van der Waals surface area contributed by atoms with Gasteiger partial charge in [0.25, 0.3) is 5.91 Å². The summed E-state index contributed by atoms with van der Waals surface area (Å²) in [5, 5.41) is 12.7. The van der Waals surface area contributed by atoms with E-state index in [0.717, 1.165) is 11.3 Å². The van der Waals surface area contributed by atoms with Gasteiger partial charge in [-0.2, -0.15) is 0 Å². The van der Waals surface area contributed by atoms with Crippen LogP contribution in [0.1, 0.15) is 21.3 Å². The lowest BCUT2D eigenvalue weighted by Crippen LogP contribution is -2.33. The third-order valence-electron chi connectivity index (χ3n) is 2.60. The van der Waals surface area contributed by atoms with Crippen molar-refractivity contribution >= 4 is 34.8 Å². The molecule has 1 aromatic carbocycles. The van der Waals surface area contributed by atoms with E-state index in [1.54, 1.807) is 11.4 Å². The largest absolute Gasteiger partial charge is 0.479 e. The Morgan fingerprint density at radius 1 is 1.29 bits per heavy atom. The van der Waals surface area contributed by atoms with Crippen LogP contribution in [0.2, 0.25) is 5.02 Å². The summed E-state index contributed by atoms with van der Waals surface area (Å²) < 4.78 is 26.1. The first-order chi connectivity index (χ1) is 9.90. The molecule has 0 spiro atoms. The second kappa shape index (κ2) is 6.19. The monoisotopic (exact) mass is 331 g/mol. The normalized spacial score (nSPS) is 12.0. The summed E-state index contributed by atoms with van der Waals surface area (Å²) >= 11 is 6.82. The number of thiophene rings is 1. The van der Waals surface area contributed by atoms with Crippen LogP contribution in [0.4, 0.5) is 8.78 Å². The van der Waals surface area contributed by atoms with Crippen molar-refractivity contribution in [3.05, 3.63) is 56.7 Å². The molecule has 1 atom stereocenters. The van der Waals surface area contributed by atoms with Crippen LogP contribution in [0.5, 0.6) is 0 Å². The van der Waals surface area contributed by atoms with Gasteiger partial charge in [0.1, 0.15) is 0 Å².